The van der Waals surface area contributed by atoms with Gasteiger partial charge in [0.25, 0.3) is 0 Å². The average molecular weight is 249 g/mol. The van der Waals surface area contributed by atoms with E-state index in [-0.39, 0.29) is 5.91 Å². The molecule has 18 heavy (non-hydrogen) atoms. The van der Waals surface area contributed by atoms with Crippen LogP contribution in [0.15, 0.2) is 18.2 Å². The first-order chi connectivity index (χ1) is 8.41. The highest BCUT2D eigenvalue weighted by atomic mass is 16.1. The summed E-state index contributed by atoms with van der Waals surface area (Å²) in [5.74, 6) is -0.336. The molecule has 0 aromatic heterocycles. The van der Waals surface area contributed by atoms with Gasteiger partial charge in [0.2, 0.25) is 5.91 Å². The molecular formula is C14H23N3O. The molecule has 0 radical (unpaired) electrons. The zero-order chi connectivity index (χ0) is 13.7. The number of nitrogens with one attached hydrogen (secondary N) is 1. The molecule has 1 atom stereocenters. The van der Waals surface area contributed by atoms with E-state index in [1.165, 1.54) is 11.1 Å². The van der Waals surface area contributed by atoms with Crippen LogP contribution in [0.2, 0.25) is 0 Å². The van der Waals surface area contributed by atoms with E-state index >= 15 is 0 Å². The molecule has 4 nitrogen and oxygen atoms in total. The molecule has 1 amide bonds. The van der Waals surface area contributed by atoms with Crippen LogP contribution in [0.4, 0.5) is 0 Å². The molecule has 0 aliphatic rings. The predicted octanol–water partition coefficient (Wildman–Crippen LogP) is 0.981. The van der Waals surface area contributed by atoms with Crippen molar-refractivity contribution in [3.8, 4) is 0 Å². The number of amides is 1. The van der Waals surface area contributed by atoms with Crippen LogP contribution in [0.3, 0.4) is 0 Å². The zero-order valence-corrected chi connectivity index (χ0v) is 11.7. The van der Waals surface area contributed by atoms with Crippen molar-refractivity contribution in [3.63, 3.8) is 0 Å². The predicted molar refractivity (Wildman–Crippen MR) is 74.4 cm³/mol. The first-order valence-corrected chi connectivity index (χ1v) is 6.16. The Balaban J connectivity index is 2.78. The zero-order valence-electron chi connectivity index (χ0n) is 11.7. The minimum atomic E-state index is -0.413. The summed E-state index contributed by atoms with van der Waals surface area (Å²) in [6, 6.07) is 5.59. The summed E-state index contributed by atoms with van der Waals surface area (Å²) < 4.78 is 0. The van der Waals surface area contributed by atoms with Crippen LogP contribution in [-0.2, 0) is 4.79 Å². The van der Waals surface area contributed by atoms with Gasteiger partial charge in [0.15, 0.2) is 0 Å². The molecule has 0 heterocycles. The number of nitrogens with two attached hydrogens (primary N) is 1. The van der Waals surface area contributed by atoms with E-state index in [9.17, 15) is 4.79 Å². The molecule has 0 fully saturated rings. The van der Waals surface area contributed by atoms with Gasteiger partial charge >= 0.3 is 0 Å². The highest BCUT2D eigenvalue weighted by Gasteiger charge is 2.17. The molecule has 1 aromatic rings. The van der Waals surface area contributed by atoms with E-state index in [2.05, 4.69) is 17.1 Å². The maximum Gasteiger partial charge on any atom is 0.239 e. The molecule has 100 valence electrons. The lowest BCUT2D eigenvalue weighted by molar-refractivity contribution is -0.120. The SMILES string of the molecule is Cc1ccc(C(NCCN(C)C)C(N)=O)cc1C. The van der Waals surface area contributed by atoms with Gasteiger partial charge < -0.3 is 16.0 Å². The van der Waals surface area contributed by atoms with Gasteiger partial charge in [-0.1, -0.05) is 18.2 Å². The van der Waals surface area contributed by atoms with E-state index in [1.54, 1.807) is 0 Å². The summed E-state index contributed by atoms with van der Waals surface area (Å²) >= 11 is 0. The van der Waals surface area contributed by atoms with Gasteiger partial charge in [-0.15, -0.1) is 0 Å². The summed E-state index contributed by atoms with van der Waals surface area (Å²) in [4.78, 5) is 13.6. The van der Waals surface area contributed by atoms with E-state index in [4.69, 9.17) is 5.73 Å². The standard InChI is InChI=1S/C14H23N3O/c1-10-5-6-12(9-11(10)2)13(14(15)18)16-7-8-17(3)4/h5-6,9,13,16H,7-8H2,1-4H3,(H2,15,18). The third-order valence-electron chi connectivity index (χ3n) is 3.06. The molecule has 1 aromatic carbocycles. The third-order valence-corrected chi connectivity index (χ3v) is 3.06. The van der Waals surface area contributed by atoms with Crippen molar-refractivity contribution in [2.24, 2.45) is 5.73 Å². The lowest BCUT2D eigenvalue weighted by atomic mass is 10.0. The highest BCUT2D eigenvalue weighted by molar-refractivity contribution is 5.81. The number of hydrogen-bond acceptors (Lipinski definition) is 3. The average Bonchev–Trinajstić information content (AvgIpc) is 2.27. The Kier molecular flexibility index (Phi) is 5.31. The first-order valence-electron chi connectivity index (χ1n) is 6.16. The minimum Gasteiger partial charge on any atom is -0.368 e. The van der Waals surface area contributed by atoms with E-state index in [0.29, 0.717) is 0 Å². The summed E-state index contributed by atoms with van der Waals surface area (Å²) in [5.41, 5.74) is 8.79. The normalized spacial score (nSPS) is 12.7. The summed E-state index contributed by atoms with van der Waals surface area (Å²) in [6.45, 7) is 5.69. The van der Waals surface area contributed by atoms with Gasteiger partial charge in [-0.2, -0.15) is 0 Å². The van der Waals surface area contributed by atoms with Crippen LogP contribution in [-0.4, -0.2) is 38.0 Å². The van der Waals surface area contributed by atoms with Gasteiger partial charge in [0.05, 0.1) is 0 Å². The van der Waals surface area contributed by atoms with Crippen LogP contribution in [0.25, 0.3) is 0 Å². The second-order valence-electron chi connectivity index (χ2n) is 4.94. The maximum absolute atomic E-state index is 11.5. The Labute approximate surface area is 109 Å². The second kappa shape index (κ2) is 6.52. The third kappa shape index (κ3) is 4.13. The molecule has 0 saturated heterocycles. The van der Waals surface area contributed by atoms with Crippen LogP contribution >= 0.6 is 0 Å². The van der Waals surface area contributed by atoms with Gasteiger partial charge in [-0.05, 0) is 44.6 Å². The fourth-order valence-corrected chi connectivity index (χ4v) is 1.76. The summed E-state index contributed by atoms with van der Waals surface area (Å²) in [6.07, 6.45) is 0. The molecule has 0 aliphatic heterocycles. The van der Waals surface area contributed by atoms with Gasteiger partial charge in [-0.3, -0.25) is 4.79 Å². The number of benzene rings is 1. The highest BCUT2D eigenvalue weighted by Crippen LogP contribution is 2.16. The lowest BCUT2D eigenvalue weighted by Crippen LogP contribution is -2.37. The smallest absolute Gasteiger partial charge is 0.239 e. The Bertz CT molecular complexity index is 416. The molecule has 0 saturated carbocycles. The number of nitrogens with zero attached hydrogens (tertiary/aromatic N) is 1. The Morgan fingerprint density at radius 3 is 2.50 bits per heavy atom. The van der Waals surface area contributed by atoms with Crippen molar-refractivity contribution in [2.45, 2.75) is 19.9 Å². The van der Waals surface area contributed by atoms with Crippen molar-refractivity contribution in [1.29, 1.82) is 0 Å². The topological polar surface area (TPSA) is 58.4 Å². The van der Waals surface area contributed by atoms with Crippen molar-refractivity contribution in [2.75, 3.05) is 27.2 Å². The van der Waals surface area contributed by atoms with Gasteiger partial charge in [0, 0.05) is 13.1 Å². The van der Waals surface area contributed by atoms with Crippen LogP contribution in [0.5, 0.6) is 0 Å². The van der Waals surface area contributed by atoms with Gasteiger partial charge in [-0.25, -0.2) is 0 Å². The lowest BCUT2D eigenvalue weighted by Gasteiger charge is -2.18. The molecule has 1 unspecified atom stereocenters. The van der Waals surface area contributed by atoms with Gasteiger partial charge in [0.1, 0.15) is 6.04 Å². The van der Waals surface area contributed by atoms with E-state index < -0.39 is 6.04 Å². The minimum absolute atomic E-state index is 0.336. The summed E-state index contributed by atoms with van der Waals surface area (Å²) in [5, 5.41) is 3.20. The van der Waals surface area contributed by atoms with Crippen molar-refractivity contribution in [1.82, 2.24) is 10.2 Å². The molecule has 3 N–H and O–H groups in total. The quantitative estimate of drug-likeness (QED) is 0.790. The summed E-state index contributed by atoms with van der Waals surface area (Å²) in [7, 11) is 3.99. The van der Waals surface area contributed by atoms with Crippen LogP contribution in [0.1, 0.15) is 22.7 Å². The van der Waals surface area contributed by atoms with E-state index in [1.807, 2.05) is 39.2 Å². The molecule has 1 rings (SSSR count). The number of aryl methyl sites for hydroxylation is 2. The van der Waals surface area contributed by atoms with Crippen LogP contribution in [0, 0.1) is 13.8 Å². The fraction of sp³-hybridized carbons (Fsp3) is 0.500. The van der Waals surface area contributed by atoms with E-state index in [0.717, 1.165) is 18.7 Å². The molecule has 0 spiro atoms. The maximum atomic E-state index is 11.5. The first kappa shape index (κ1) is 14.7. The van der Waals surface area contributed by atoms with Crippen molar-refractivity contribution in [3.05, 3.63) is 34.9 Å². The number of likely N-dealkylation sites (N-methyl/N-ethyl adjacent to an activating group) is 1. The number of rotatable bonds is 6. The Morgan fingerprint density at radius 1 is 1.33 bits per heavy atom. The monoisotopic (exact) mass is 249 g/mol. The number of hydrogen-bond donors (Lipinski definition) is 2. The fourth-order valence-electron chi connectivity index (χ4n) is 1.76. The van der Waals surface area contributed by atoms with Crippen molar-refractivity contribution < 1.29 is 4.79 Å². The molecular weight excluding hydrogens is 226 g/mol. The second-order valence-corrected chi connectivity index (χ2v) is 4.94. The molecule has 0 aliphatic carbocycles. The van der Waals surface area contributed by atoms with Crippen LogP contribution < -0.4 is 11.1 Å². The molecule has 0 bridgehead atoms. The van der Waals surface area contributed by atoms with Crippen molar-refractivity contribution >= 4 is 5.91 Å². The Hall–Kier alpha value is -1.39. The number of primary amides is 1. The number of carbonyl (C=O) groups is 1. The Morgan fingerprint density at radius 2 is 2.00 bits per heavy atom. The number of carbonyl (C=O) groups excluding carboxylic acids is 1. The molecule has 4 heteroatoms. The largest absolute Gasteiger partial charge is 0.368 e.